The van der Waals surface area contributed by atoms with Crippen LogP contribution in [0.25, 0.3) is 17.4 Å². The molecule has 3 N–H and O–H groups in total. The molecule has 184 valence electrons. The normalized spacial score (nSPS) is 16.4. The number of aromatic nitrogens is 5. The number of ether oxygens (including phenoxy) is 1. The van der Waals surface area contributed by atoms with Crippen LogP contribution in [0.2, 0.25) is 0 Å². The molecule has 0 unspecified atom stereocenters. The van der Waals surface area contributed by atoms with Gasteiger partial charge < -0.3 is 25.1 Å². The fraction of sp³-hybridized carbons (Fsp3) is 0.417. The SMILES string of the molecule is CN(C)[C@@H]1CCN(CCOc2ccc(CCNc3nc(N)n4nc(-c5ccco5)nc4n3)cc2)C1. The third-order valence-corrected chi connectivity index (χ3v) is 6.25. The van der Waals surface area contributed by atoms with Gasteiger partial charge in [-0.1, -0.05) is 12.1 Å². The predicted octanol–water partition coefficient (Wildman–Crippen LogP) is 2.03. The first-order chi connectivity index (χ1) is 17.0. The third-order valence-electron chi connectivity index (χ3n) is 6.25. The van der Waals surface area contributed by atoms with Crippen LogP contribution in [0.15, 0.2) is 47.1 Å². The van der Waals surface area contributed by atoms with E-state index in [1.807, 2.05) is 12.1 Å². The number of likely N-dealkylation sites (N-methyl/N-ethyl adjacent to an activating group) is 1. The number of anilines is 2. The molecule has 0 bridgehead atoms. The van der Waals surface area contributed by atoms with Gasteiger partial charge in [0.2, 0.25) is 17.7 Å². The molecule has 0 saturated carbocycles. The molecule has 4 heterocycles. The van der Waals surface area contributed by atoms with Gasteiger partial charge in [0.1, 0.15) is 12.4 Å². The smallest absolute Gasteiger partial charge is 0.259 e. The number of hydrogen-bond donors (Lipinski definition) is 2. The van der Waals surface area contributed by atoms with Crippen molar-refractivity contribution in [3.8, 4) is 17.3 Å². The van der Waals surface area contributed by atoms with Crippen LogP contribution in [0.3, 0.4) is 0 Å². The van der Waals surface area contributed by atoms with E-state index in [2.05, 4.69) is 61.4 Å². The van der Waals surface area contributed by atoms with Gasteiger partial charge in [-0.2, -0.15) is 19.5 Å². The van der Waals surface area contributed by atoms with E-state index in [1.165, 1.54) is 16.5 Å². The second kappa shape index (κ2) is 10.3. The Balaban J connectivity index is 1.09. The van der Waals surface area contributed by atoms with Gasteiger partial charge in [-0.25, -0.2) is 0 Å². The van der Waals surface area contributed by atoms with Gasteiger partial charge in [0.25, 0.3) is 5.78 Å². The van der Waals surface area contributed by atoms with Crippen molar-refractivity contribution in [3.05, 3.63) is 48.2 Å². The number of rotatable bonds is 10. The first-order valence-electron chi connectivity index (χ1n) is 11.8. The van der Waals surface area contributed by atoms with Crippen molar-refractivity contribution < 1.29 is 9.15 Å². The molecular weight excluding hydrogens is 446 g/mol. The van der Waals surface area contributed by atoms with E-state index in [4.69, 9.17) is 14.9 Å². The van der Waals surface area contributed by atoms with E-state index in [-0.39, 0.29) is 5.95 Å². The Morgan fingerprint density at radius 3 is 2.77 bits per heavy atom. The summed E-state index contributed by atoms with van der Waals surface area (Å²) >= 11 is 0. The Kier molecular flexibility index (Phi) is 6.77. The lowest BCUT2D eigenvalue weighted by atomic mass is 10.1. The van der Waals surface area contributed by atoms with E-state index < -0.39 is 0 Å². The number of fused-ring (bicyclic) bond motifs is 1. The van der Waals surface area contributed by atoms with Crippen LogP contribution in [0.5, 0.6) is 5.75 Å². The number of nitrogens with zero attached hydrogens (tertiary/aromatic N) is 7. The first kappa shape index (κ1) is 23.1. The highest BCUT2D eigenvalue weighted by Gasteiger charge is 2.23. The molecule has 11 heteroatoms. The second-order valence-corrected chi connectivity index (χ2v) is 8.91. The summed E-state index contributed by atoms with van der Waals surface area (Å²) in [7, 11) is 4.30. The summed E-state index contributed by atoms with van der Waals surface area (Å²) in [5.41, 5.74) is 7.23. The first-order valence-corrected chi connectivity index (χ1v) is 11.8. The molecule has 3 aromatic heterocycles. The third kappa shape index (κ3) is 5.52. The molecule has 0 amide bonds. The lowest BCUT2D eigenvalue weighted by molar-refractivity contribution is 0.220. The van der Waals surface area contributed by atoms with E-state index in [0.29, 0.717) is 42.5 Å². The number of likely N-dealkylation sites (tertiary alicyclic amines) is 1. The molecule has 5 rings (SSSR count). The maximum atomic E-state index is 6.04. The van der Waals surface area contributed by atoms with Crippen molar-refractivity contribution >= 4 is 17.7 Å². The van der Waals surface area contributed by atoms with E-state index in [0.717, 1.165) is 31.8 Å². The van der Waals surface area contributed by atoms with Crippen molar-refractivity contribution in [2.24, 2.45) is 0 Å². The Labute approximate surface area is 203 Å². The number of benzene rings is 1. The maximum absolute atomic E-state index is 6.04. The zero-order valence-corrected chi connectivity index (χ0v) is 20.1. The monoisotopic (exact) mass is 477 g/mol. The van der Waals surface area contributed by atoms with Gasteiger partial charge in [-0.3, -0.25) is 4.90 Å². The fourth-order valence-corrected chi connectivity index (χ4v) is 4.20. The quantitative estimate of drug-likeness (QED) is 0.351. The highest BCUT2D eigenvalue weighted by molar-refractivity contribution is 5.52. The Morgan fingerprint density at radius 1 is 1.17 bits per heavy atom. The molecule has 11 nitrogen and oxygen atoms in total. The summed E-state index contributed by atoms with van der Waals surface area (Å²) < 4.78 is 12.7. The average Bonchev–Trinajstić information content (AvgIpc) is 3.61. The van der Waals surface area contributed by atoms with Crippen LogP contribution in [0.4, 0.5) is 11.9 Å². The lowest BCUT2D eigenvalue weighted by Gasteiger charge is -2.20. The summed E-state index contributed by atoms with van der Waals surface area (Å²) in [5, 5.41) is 7.52. The van der Waals surface area contributed by atoms with Crippen molar-refractivity contribution in [3.63, 3.8) is 0 Å². The largest absolute Gasteiger partial charge is 0.492 e. The molecule has 1 saturated heterocycles. The molecule has 35 heavy (non-hydrogen) atoms. The highest BCUT2D eigenvalue weighted by atomic mass is 16.5. The van der Waals surface area contributed by atoms with Gasteiger partial charge in [-0.05, 0) is 63.3 Å². The molecule has 0 spiro atoms. The van der Waals surface area contributed by atoms with Crippen LogP contribution in [0, 0.1) is 0 Å². The van der Waals surface area contributed by atoms with Gasteiger partial charge in [0, 0.05) is 25.7 Å². The molecule has 4 aromatic rings. The molecule has 1 aliphatic rings. The number of hydrogen-bond acceptors (Lipinski definition) is 10. The van der Waals surface area contributed by atoms with Gasteiger partial charge in [0.15, 0.2) is 5.76 Å². The van der Waals surface area contributed by atoms with E-state index >= 15 is 0 Å². The Hall–Kier alpha value is -3.70. The number of furan rings is 1. The number of nitrogens with one attached hydrogen (secondary N) is 1. The maximum Gasteiger partial charge on any atom is 0.259 e. The molecule has 0 radical (unpaired) electrons. The molecule has 1 fully saturated rings. The minimum Gasteiger partial charge on any atom is -0.492 e. The van der Waals surface area contributed by atoms with Gasteiger partial charge in [0.05, 0.1) is 6.26 Å². The standard InChI is InChI=1S/C24H31N9O2/c1-31(2)18-10-12-32(16-18)13-15-34-19-7-5-17(6-8-19)9-11-26-23-28-22(25)33-24(29-23)27-21(30-33)20-4-3-14-35-20/h3-8,14,18H,9-13,15-16H2,1-2H3,(H3,25,26,27,28,29,30)/t18-/m1/s1. The molecule has 1 atom stereocenters. The van der Waals surface area contributed by atoms with Crippen LogP contribution in [0.1, 0.15) is 12.0 Å². The fourth-order valence-electron chi connectivity index (χ4n) is 4.20. The zero-order chi connectivity index (χ0) is 24.2. The van der Waals surface area contributed by atoms with Crippen LogP contribution >= 0.6 is 0 Å². The molecular formula is C24H31N9O2. The number of nitrogen functional groups attached to an aromatic ring is 1. The zero-order valence-electron chi connectivity index (χ0n) is 20.1. The minimum atomic E-state index is 0.204. The lowest BCUT2D eigenvalue weighted by Crippen LogP contribution is -2.33. The predicted molar refractivity (Wildman–Crippen MR) is 133 cm³/mol. The number of nitrogens with two attached hydrogens (primary N) is 1. The van der Waals surface area contributed by atoms with Crippen molar-refractivity contribution in [2.75, 3.05) is 57.9 Å². The van der Waals surface area contributed by atoms with Crippen LogP contribution in [-0.2, 0) is 6.42 Å². The van der Waals surface area contributed by atoms with Crippen LogP contribution < -0.4 is 15.8 Å². The van der Waals surface area contributed by atoms with Gasteiger partial charge >= 0.3 is 0 Å². The van der Waals surface area contributed by atoms with Crippen molar-refractivity contribution in [1.82, 2.24) is 34.4 Å². The van der Waals surface area contributed by atoms with E-state index in [9.17, 15) is 0 Å². The Morgan fingerprint density at radius 2 is 2.03 bits per heavy atom. The molecule has 0 aliphatic carbocycles. The van der Waals surface area contributed by atoms with Gasteiger partial charge in [-0.15, -0.1) is 5.10 Å². The topological polar surface area (TPSA) is 123 Å². The summed E-state index contributed by atoms with van der Waals surface area (Å²) in [6, 6.07) is 12.4. The summed E-state index contributed by atoms with van der Waals surface area (Å²) in [6.07, 6.45) is 3.60. The molecule has 1 aliphatic heterocycles. The minimum absolute atomic E-state index is 0.204. The highest BCUT2D eigenvalue weighted by Crippen LogP contribution is 2.18. The summed E-state index contributed by atoms with van der Waals surface area (Å²) in [4.78, 5) is 17.8. The Bertz CT molecular complexity index is 1240. The average molecular weight is 478 g/mol. The van der Waals surface area contributed by atoms with E-state index in [1.54, 1.807) is 18.4 Å². The summed E-state index contributed by atoms with van der Waals surface area (Å²) in [5.74, 6) is 2.83. The van der Waals surface area contributed by atoms with Crippen molar-refractivity contribution in [1.29, 1.82) is 0 Å². The van der Waals surface area contributed by atoms with Crippen molar-refractivity contribution in [2.45, 2.75) is 18.9 Å². The second-order valence-electron chi connectivity index (χ2n) is 8.91. The molecule has 1 aromatic carbocycles. The van der Waals surface area contributed by atoms with Crippen LogP contribution in [-0.4, -0.2) is 87.3 Å². The summed E-state index contributed by atoms with van der Waals surface area (Å²) in [6.45, 7) is 4.57.